The molecule has 3 N–H and O–H groups in total. The highest BCUT2D eigenvalue weighted by Gasteiger charge is 2.28. The van der Waals surface area contributed by atoms with Gasteiger partial charge >= 0.3 is 5.97 Å². The molecule has 0 saturated heterocycles. The van der Waals surface area contributed by atoms with Crippen LogP contribution >= 0.6 is 11.3 Å². The smallest absolute Gasteiger partial charge is 0.311 e. The Kier molecular flexibility index (Phi) is 6.90. The lowest BCUT2D eigenvalue weighted by atomic mass is 9.78. The SMILES string of the molecule is Cc1ccc(-c2nc(N)sc2CC(=O)OCC(=O)N[C@H]2CCC[C@@H](C)[C@H]2C)cc1. The van der Waals surface area contributed by atoms with Crippen LogP contribution in [0, 0.1) is 18.8 Å². The van der Waals surface area contributed by atoms with Crippen molar-refractivity contribution in [2.45, 2.75) is 52.5 Å². The molecular formula is C22H29N3O3S. The largest absolute Gasteiger partial charge is 0.455 e. The molecule has 1 aliphatic rings. The molecule has 0 unspecified atom stereocenters. The van der Waals surface area contributed by atoms with E-state index in [1.54, 1.807) is 0 Å². The van der Waals surface area contributed by atoms with Gasteiger partial charge in [0.05, 0.1) is 12.1 Å². The molecule has 2 aromatic rings. The summed E-state index contributed by atoms with van der Waals surface area (Å²) in [6, 6.07) is 8.05. The van der Waals surface area contributed by atoms with Crippen LogP contribution < -0.4 is 11.1 Å². The Morgan fingerprint density at radius 1 is 1.24 bits per heavy atom. The maximum atomic E-state index is 12.3. The molecule has 6 nitrogen and oxygen atoms in total. The van der Waals surface area contributed by atoms with Crippen LogP contribution in [0.4, 0.5) is 5.13 Å². The molecule has 0 bridgehead atoms. The molecular weight excluding hydrogens is 386 g/mol. The third-order valence-corrected chi connectivity index (χ3v) is 6.65. The molecule has 156 valence electrons. The first-order valence-corrected chi connectivity index (χ1v) is 10.9. The molecule has 3 rings (SSSR count). The summed E-state index contributed by atoms with van der Waals surface area (Å²) in [6.07, 6.45) is 3.34. The van der Waals surface area contributed by atoms with Crippen molar-refractivity contribution in [2.24, 2.45) is 11.8 Å². The van der Waals surface area contributed by atoms with Crippen molar-refractivity contribution < 1.29 is 14.3 Å². The fourth-order valence-electron chi connectivity index (χ4n) is 3.79. The predicted molar refractivity (Wildman–Crippen MR) is 115 cm³/mol. The molecule has 3 atom stereocenters. The Morgan fingerprint density at radius 2 is 1.97 bits per heavy atom. The highest BCUT2D eigenvalue weighted by atomic mass is 32.1. The van der Waals surface area contributed by atoms with Gasteiger partial charge in [-0.1, -0.05) is 56.5 Å². The van der Waals surface area contributed by atoms with Crippen molar-refractivity contribution >= 4 is 28.3 Å². The van der Waals surface area contributed by atoms with Gasteiger partial charge in [-0.2, -0.15) is 0 Å². The number of aryl methyl sites for hydroxylation is 1. The molecule has 1 aliphatic carbocycles. The highest BCUT2D eigenvalue weighted by Crippen LogP contribution is 2.31. The maximum Gasteiger partial charge on any atom is 0.311 e. The fraction of sp³-hybridized carbons (Fsp3) is 0.500. The topological polar surface area (TPSA) is 94.3 Å². The van der Waals surface area contributed by atoms with Crippen molar-refractivity contribution in [3.8, 4) is 11.3 Å². The molecule has 1 saturated carbocycles. The van der Waals surface area contributed by atoms with Crippen LogP contribution in [0.3, 0.4) is 0 Å². The van der Waals surface area contributed by atoms with Gasteiger partial charge in [-0.15, -0.1) is 11.3 Å². The number of hydrogen-bond acceptors (Lipinski definition) is 6. The zero-order valence-electron chi connectivity index (χ0n) is 17.2. The summed E-state index contributed by atoms with van der Waals surface area (Å²) in [5.41, 5.74) is 8.61. The number of thiazole rings is 1. The van der Waals surface area contributed by atoms with E-state index >= 15 is 0 Å². The number of nitrogens with zero attached hydrogens (tertiary/aromatic N) is 1. The van der Waals surface area contributed by atoms with Gasteiger partial charge < -0.3 is 15.8 Å². The first kappa shape index (κ1) is 21.3. The maximum absolute atomic E-state index is 12.3. The van der Waals surface area contributed by atoms with Crippen LogP contribution in [0.25, 0.3) is 11.3 Å². The van der Waals surface area contributed by atoms with E-state index in [0.29, 0.717) is 22.7 Å². The Bertz CT molecular complexity index is 863. The number of carbonyl (C=O) groups is 2. The zero-order chi connectivity index (χ0) is 21.0. The second-order valence-electron chi connectivity index (χ2n) is 7.97. The number of ether oxygens (including phenoxy) is 1. The van der Waals surface area contributed by atoms with Crippen molar-refractivity contribution in [2.75, 3.05) is 12.3 Å². The second kappa shape index (κ2) is 9.39. The Hall–Kier alpha value is -2.41. The summed E-state index contributed by atoms with van der Waals surface area (Å²) in [4.78, 5) is 29.6. The minimum atomic E-state index is -0.456. The standard InChI is InChI=1S/C22H29N3O3S/c1-13-7-9-16(10-8-13)21-18(29-22(23)25-21)11-20(27)28-12-19(26)24-17-6-4-5-14(2)15(17)3/h7-10,14-15,17H,4-6,11-12H2,1-3H3,(H2,23,25)(H,24,26)/t14-,15-,17+/m1/s1. The van der Waals surface area contributed by atoms with Crippen LogP contribution in [0.15, 0.2) is 24.3 Å². The number of esters is 1. The highest BCUT2D eigenvalue weighted by molar-refractivity contribution is 7.15. The average Bonchev–Trinajstić information content (AvgIpc) is 3.04. The molecule has 0 aliphatic heterocycles. The van der Waals surface area contributed by atoms with Gasteiger partial charge in [0, 0.05) is 16.5 Å². The molecule has 7 heteroatoms. The van der Waals surface area contributed by atoms with Crippen LogP contribution in [-0.2, 0) is 20.7 Å². The average molecular weight is 416 g/mol. The van der Waals surface area contributed by atoms with E-state index in [0.717, 1.165) is 28.8 Å². The Balaban J connectivity index is 1.55. The lowest BCUT2D eigenvalue weighted by Gasteiger charge is -2.34. The van der Waals surface area contributed by atoms with Gasteiger partial charge in [0.15, 0.2) is 11.7 Å². The van der Waals surface area contributed by atoms with Crippen molar-refractivity contribution in [3.63, 3.8) is 0 Å². The predicted octanol–water partition coefficient (Wildman–Crippen LogP) is 3.73. The van der Waals surface area contributed by atoms with Crippen LogP contribution in [0.2, 0.25) is 0 Å². The lowest BCUT2D eigenvalue weighted by molar-refractivity contribution is -0.148. The molecule has 1 amide bonds. The number of hydrogen-bond donors (Lipinski definition) is 2. The summed E-state index contributed by atoms with van der Waals surface area (Å²) in [6.45, 7) is 6.14. The van der Waals surface area contributed by atoms with E-state index in [-0.39, 0.29) is 25.0 Å². The summed E-state index contributed by atoms with van der Waals surface area (Å²) in [5, 5.41) is 3.42. The number of carbonyl (C=O) groups excluding carboxylic acids is 2. The Morgan fingerprint density at radius 3 is 2.69 bits per heavy atom. The first-order valence-electron chi connectivity index (χ1n) is 10.1. The summed E-state index contributed by atoms with van der Waals surface area (Å²) in [7, 11) is 0. The van der Waals surface area contributed by atoms with Crippen LogP contribution in [0.1, 0.15) is 43.6 Å². The molecule has 1 fully saturated rings. The lowest BCUT2D eigenvalue weighted by Crippen LogP contribution is -2.45. The number of amides is 1. The number of nitrogen functional groups attached to an aromatic ring is 1. The van der Waals surface area contributed by atoms with E-state index in [9.17, 15) is 9.59 Å². The number of anilines is 1. The molecule has 1 heterocycles. The van der Waals surface area contributed by atoms with Gasteiger partial charge in [-0.25, -0.2) is 4.98 Å². The minimum absolute atomic E-state index is 0.0439. The van der Waals surface area contributed by atoms with Gasteiger partial charge in [0.1, 0.15) is 0 Å². The van der Waals surface area contributed by atoms with E-state index in [2.05, 4.69) is 24.1 Å². The van der Waals surface area contributed by atoms with Gasteiger partial charge in [0.2, 0.25) is 0 Å². The van der Waals surface area contributed by atoms with Crippen LogP contribution in [-0.4, -0.2) is 29.5 Å². The summed E-state index contributed by atoms with van der Waals surface area (Å²) in [5.74, 6) is 0.323. The number of nitrogens with one attached hydrogen (secondary N) is 1. The summed E-state index contributed by atoms with van der Waals surface area (Å²) < 4.78 is 5.22. The van der Waals surface area contributed by atoms with Gasteiger partial charge in [0.25, 0.3) is 5.91 Å². The van der Waals surface area contributed by atoms with Gasteiger partial charge in [-0.05, 0) is 25.2 Å². The molecule has 0 radical (unpaired) electrons. The molecule has 0 spiro atoms. The zero-order valence-corrected chi connectivity index (χ0v) is 18.1. The monoisotopic (exact) mass is 415 g/mol. The van der Waals surface area contributed by atoms with E-state index in [1.807, 2.05) is 31.2 Å². The third kappa shape index (κ3) is 5.56. The number of aromatic nitrogens is 1. The number of benzene rings is 1. The minimum Gasteiger partial charge on any atom is -0.455 e. The van der Waals surface area contributed by atoms with Crippen molar-refractivity contribution in [3.05, 3.63) is 34.7 Å². The third-order valence-electron chi connectivity index (χ3n) is 5.76. The number of rotatable bonds is 6. The van der Waals surface area contributed by atoms with Gasteiger partial charge in [-0.3, -0.25) is 9.59 Å². The normalized spacial score (nSPS) is 21.6. The number of nitrogens with two attached hydrogens (primary N) is 1. The van der Waals surface area contributed by atoms with E-state index in [4.69, 9.17) is 10.5 Å². The second-order valence-corrected chi connectivity index (χ2v) is 9.08. The van der Waals surface area contributed by atoms with Crippen LogP contribution in [0.5, 0.6) is 0 Å². The fourth-order valence-corrected chi connectivity index (χ4v) is 4.63. The molecule has 29 heavy (non-hydrogen) atoms. The van der Waals surface area contributed by atoms with E-state index in [1.165, 1.54) is 17.8 Å². The van der Waals surface area contributed by atoms with E-state index < -0.39 is 5.97 Å². The quantitative estimate of drug-likeness (QED) is 0.701. The first-order chi connectivity index (χ1) is 13.8. The molecule has 1 aromatic heterocycles. The van der Waals surface area contributed by atoms with Crippen molar-refractivity contribution in [1.29, 1.82) is 0 Å². The molecule has 1 aromatic carbocycles. The Labute approximate surface area is 175 Å². The van der Waals surface area contributed by atoms with Crippen molar-refractivity contribution in [1.82, 2.24) is 10.3 Å². The summed E-state index contributed by atoms with van der Waals surface area (Å²) >= 11 is 1.27.